The molecule has 0 unspecified atom stereocenters. The highest BCUT2D eigenvalue weighted by Gasteiger charge is 2.39. The van der Waals surface area contributed by atoms with E-state index in [2.05, 4.69) is 171 Å². The Morgan fingerprint density at radius 2 is 0.903 bits per heavy atom. The van der Waals surface area contributed by atoms with Crippen LogP contribution in [0.4, 0.5) is 0 Å². The average Bonchev–Trinajstić information content (AvgIpc) is 0.758. The number of rotatable bonds is 34. The summed E-state index contributed by atoms with van der Waals surface area (Å²) >= 11 is 3.61. The molecule has 0 amide bonds. The van der Waals surface area contributed by atoms with Gasteiger partial charge >= 0.3 is 0 Å². The quantitative estimate of drug-likeness (QED) is 0.0403. The number of ether oxygens (including phenoxy) is 9. The van der Waals surface area contributed by atoms with Crippen molar-refractivity contribution < 1.29 is 47.7 Å². The van der Waals surface area contributed by atoms with Gasteiger partial charge < -0.3 is 62.4 Å². The molecule has 9 aromatic rings. The van der Waals surface area contributed by atoms with Crippen LogP contribution < -0.4 is 42.6 Å². The molecule has 0 saturated heterocycles. The minimum Gasteiger partial charge on any atom is -0.493 e. The number of aliphatic hydroxyl groups is 1. The van der Waals surface area contributed by atoms with Gasteiger partial charge in [0.1, 0.15) is 0 Å². The summed E-state index contributed by atoms with van der Waals surface area (Å²) in [6, 6.07) is 62.4. The summed E-state index contributed by atoms with van der Waals surface area (Å²) in [5.74, 6) is 6.10. The molecule has 0 saturated carbocycles. The third-order valence-electron chi connectivity index (χ3n) is 19.8. The maximum Gasteiger partial charge on any atom is 0.217 e. The predicted octanol–water partition coefficient (Wildman–Crippen LogP) is 17.2. The van der Waals surface area contributed by atoms with E-state index >= 15 is 0 Å². The summed E-state index contributed by atoms with van der Waals surface area (Å²) in [6.07, 6.45) is 4.58. The van der Waals surface area contributed by atoms with Gasteiger partial charge in [0.05, 0.1) is 98.6 Å². The molecule has 0 bridgehead atoms. The first kappa shape index (κ1) is 81.2. The fourth-order valence-corrected chi connectivity index (χ4v) is 14.2. The molecule has 8 aromatic carbocycles. The van der Waals surface area contributed by atoms with Crippen molar-refractivity contribution in [2.45, 2.75) is 95.0 Å². The van der Waals surface area contributed by atoms with Crippen molar-refractivity contribution in [3.63, 3.8) is 0 Å². The van der Waals surface area contributed by atoms with Crippen LogP contribution in [0, 0.1) is 34.5 Å². The summed E-state index contributed by atoms with van der Waals surface area (Å²) in [6.45, 7) is 12.6. The van der Waals surface area contributed by atoms with E-state index in [-0.39, 0.29) is 23.7 Å². The fraction of sp³-hybridized carbons (Fsp3) is 0.407. The van der Waals surface area contributed by atoms with Gasteiger partial charge in [-0.2, -0.15) is 10.5 Å². The second-order valence-corrected chi connectivity index (χ2v) is 28.0. The molecule has 0 spiro atoms. The van der Waals surface area contributed by atoms with E-state index in [1.165, 1.54) is 11.1 Å². The van der Waals surface area contributed by atoms with Crippen molar-refractivity contribution in [3.05, 3.63) is 213 Å². The van der Waals surface area contributed by atoms with Crippen LogP contribution in [0.1, 0.15) is 104 Å². The average molecular weight is 1460 g/mol. The van der Waals surface area contributed by atoms with Gasteiger partial charge in [0.2, 0.25) is 5.88 Å². The first-order chi connectivity index (χ1) is 49.6. The maximum atomic E-state index is 11.9. The Morgan fingerprint density at radius 3 is 1.35 bits per heavy atom. The first-order valence-electron chi connectivity index (χ1n) is 35.2. The lowest BCUT2D eigenvalue weighted by Crippen LogP contribution is -2.34. The fourth-order valence-electron chi connectivity index (χ4n) is 13.9. The van der Waals surface area contributed by atoms with Crippen LogP contribution >= 0.6 is 15.9 Å². The summed E-state index contributed by atoms with van der Waals surface area (Å²) in [5.41, 5.74) is 7.24. The van der Waals surface area contributed by atoms with Crippen LogP contribution in [-0.2, 0) is 23.7 Å². The lowest BCUT2D eigenvalue weighted by molar-refractivity contribution is 0.104. The van der Waals surface area contributed by atoms with E-state index in [1.807, 2.05) is 97.9 Å². The van der Waals surface area contributed by atoms with E-state index < -0.39 is 16.9 Å². The minimum atomic E-state index is -0.645. The number of likely N-dealkylation sites (N-methyl/N-ethyl adjacent to an activating group) is 3. The third-order valence-corrected chi connectivity index (χ3v) is 20.3. The largest absolute Gasteiger partial charge is 0.493 e. The number of pyridine rings is 1. The van der Waals surface area contributed by atoms with Gasteiger partial charge in [0, 0.05) is 46.9 Å². The van der Waals surface area contributed by atoms with Crippen LogP contribution in [0.25, 0.3) is 21.7 Å². The topological polar surface area (TPSA) is 173 Å². The van der Waals surface area contributed by atoms with Crippen molar-refractivity contribution in [1.29, 1.82) is 10.5 Å². The third kappa shape index (κ3) is 20.6. The molecular formula is C86H107BrN6O10. The molecule has 0 aliphatic carbocycles. The zero-order valence-electron chi connectivity index (χ0n) is 63.5. The Hall–Kier alpha value is -9.07. The molecule has 1 heterocycles. The van der Waals surface area contributed by atoms with Crippen LogP contribution in [-0.4, -0.2) is 156 Å². The molecular weight excluding hydrogens is 1360 g/mol. The Labute approximate surface area is 621 Å². The predicted molar refractivity (Wildman–Crippen MR) is 419 cm³/mol. The summed E-state index contributed by atoms with van der Waals surface area (Å²) < 4.78 is 50.1. The SMILES string of the molecule is COc1ccc(CCN(C)CCC[C@@](C#N)(c2ccc(OC)c(OC)c2)C(C)C)cc1OC.COc1ccc(CCN(C)CCC[C@](C#N)(c2ccc(OC)c(OC)c2)C(C)C)cc1OC.COc1nc2ccc(Br)cc2cc1[C@@H](c1ccccc1)[C@H](c1cccc2ccccc12)[C@H](O)CN(C)C. The number of aliphatic hydroxyl groups excluding tert-OH is 1. The Balaban J connectivity index is 0.000000217. The number of hydrogen-bond donors (Lipinski definition) is 1. The molecule has 9 rings (SSSR count). The lowest BCUT2D eigenvalue weighted by atomic mass is 9.69. The van der Waals surface area contributed by atoms with Crippen molar-refractivity contribution in [1.82, 2.24) is 19.7 Å². The number of benzene rings is 8. The summed E-state index contributed by atoms with van der Waals surface area (Å²) in [5, 5.41) is 35.7. The van der Waals surface area contributed by atoms with E-state index in [4.69, 9.17) is 47.6 Å². The smallest absolute Gasteiger partial charge is 0.217 e. The van der Waals surface area contributed by atoms with E-state index in [0.717, 1.165) is 142 Å². The number of fused-ring (bicyclic) bond motifs is 2. The number of nitriles is 2. The number of hydrogen-bond acceptors (Lipinski definition) is 16. The lowest BCUT2D eigenvalue weighted by Gasteiger charge is -2.35. The highest BCUT2D eigenvalue weighted by molar-refractivity contribution is 9.10. The number of nitrogens with zero attached hydrogens (tertiary/aromatic N) is 6. The first-order valence-corrected chi connectivity index (χ1v) is 36.0. The number of methoxy groups -OCH3 is 9. The molecule has 103 heavy (non-hydrogen) atoms. The molecule has 17 heteroatoms. The zero-order chi connectivity index (χ0) is 74.8. The summed E-state index contributed by atoms with van der Waals surface area (Å²) in [7, 11) is 23.0. The zero-order valence-corrected chi connectivity index (χ0v) is 65.1. The molecule has 0 aliphatic heterocycles. The van der Waals surface area contributed by atoms with Gasteiger partial charge in [-0.25, -0.2) is 4.98 Å². The van der Waals surface area contributed by atoms with Crippen molar-refractivity contribution in [2.24, 2.45) is 11.8 Å². The van der Waals surface area contributed by atoms with E-state index in [1.54, 1.807) is 64.0 Å². The van der Waals surface area contributed by atoms with Crippen LogP contribution in [0.2, 0.25) is 0 Å². The molecule has 1 aromatic heterocycles. The van der Waals surface area contributed by atoms with Gasteiger partial charge in [-0.05, 0) is 209 Å². The van der Waals surface area contributed by atoms with E-state index in [0.29, 0.717) is 35.4 Å². The van der Waals surface area contributed by atoms with Gasteiger partial charge in [-0.15, -0.1) is 0 Å². The highest BCUT2D eigenvalue weighted by atomic mass is 79.9. The molecule has 0 aliphatic rings. The molecule has 548 valence electrons. The van der Waals surface area contributed by atoms with Crippen LogP contribution in [0.3, 0.4) is 0 Å². The Morgan fingerprint density at radius 1 is 0.456 bits per heavy atom. The van der Waals surface area contributed by atoms with Gasteiger partial charge in [-0.1, -0.05) is 141 Å². The number of aromatic nitrogens is 1. The van der Waals surface area contributed by atoms with Gasteiger partial charge in [0.25, 0.3) is 0 Å². The van der Waals surface area contributed by atoms with E-state index in [9.17, 15) is 15.6 Å². The number of halogens is 1. The molecule has 0 fully saturated rings. The minimum absolute atomic E-state index is 0.165. The molecule has 16 nitrogen and oxygen atoms in total. The Kier molecular flexibility index (Phi) is 31.2. The molecule has 5 atom stereocenters. The van der Waals surface area contributed by atoms with Crippen molar-refractivity contribution in [2.75, 3.05) is 125 Å². The summed E-state index contributed by atoms with van der Waals surface area (Å²) in [4.78, 5) is 11.6. The van der Waals surface area contributed by atoms with Crippen LogP contribution in [0.15, 0.2) is 174 Å². The maximum absolute atomic E-state index is 11.9. The van der Waals surface area contributed by atoms with Crippen molar-refractivity contribution in [3.8, 4) is 64.0 Å². The second kappa shape index (κ2) is 39.5. The Bertz CT molecular complexity index is 4080. The molecule has 0 radical (unpaired) electrons. The monoisotopic (exact) mass is 1460 g/mol. The van der Waals surface area contributed by atoms with Crippen molar-refractivity contribution >= 4 is 37.6 Å². The normalized spacial score (nSPS) is 13.3. The molecule has 1 N–H and O–H groups in total. The standard InChI is InChI=1S/C32H31BrN2O2.2C27H38N2O4/c1-35(2)20-29(36)31(26-15-9-13-21-10-7-8-14-25(21)26)30(22-11-5-4-6-12-22)27-19-23-18-24(33)16-17-28(23)34-32(27)37-3;2*1-20(2)27(19-28,22-10-12-24(31-5)26(18-22)33-7)14-8-15-29(3)16-13-21-9-11-23(30-4)25(17-21)32-6/h4-19,29-31,36H,20H2,1-3H3;2*9-12,17-18,20H,8,13-16H2,1-7H3/t29-,30-,31-;2*27-/m110/s1. The van der Waals surface area contributed by atoms with Gasteiger partial charge in [0.15, 0.2) is 46.0 Å². The highest BCUT2D eigenvalue weighted by Crippen LogP contribution is 2.48. The second-order valence-electron chi connectivity index (χ2n) is 27.0. The van der Waals surface area contributed by atoms with Crippen LogP contribution in [0.5, 0.6) is 51.9 Å². The van der Waals surface area contributed by atoms with Gasteiger partial charge in [-0.3, -0.25) is 0 Å².